The Kier molecular flexibility index (Phi) is 3.82. The number of carbonyl (C=O) groups excluding carboxylic acids is 1. The minimum atomic E-state index is -0.105. The van der Waals surface area contributed by atoms with Crippen molar-refractivity contribution < 1.29 is 4.79 Å². The quantitative estimate of drug-likeness (QED) is 0.718. The number of nitrogens with zero attached hydrogens (tertiary/aromatic N) is 1. The smallest absolute Gasteiger partial charge is 0.238 e. The average Bonchev–Trinajstić information content (AvgIpc) is 2.33. The van der Waals surface area contributed by atoms with E-state index in [4.69, 9.17) is 5.73 Å². The fourth-order valence-electron chi connectivity index (χ4n) is 3.14. The molecule has 92 valence electrons. The molecule has 0 bridgehead atoms. The van der Waals surface area contributed by atoms with Crippen molar-refractivity contribution in [1.29, 1.82) is 0 Å². The number of hydrogen-bond acceptors (Lipinski definition) is 3. The maximum Gasteiger partial charge on any atom is 0.238 e. The van der Waals surface area contributed by atoms with Crippen LogP contribution in [0.4, 0.5) is 0 Å². The molecule has 2 atom stereocenters. The summed E-state index contributed by atoms with van der Waals surface area (Å²) in [6.45, 7) is 3.40. The van der Waals surface area contributed by atoms with E-state index in [2.05, 4.69) is 17.1 Å². The number of carbonyl (C=O) groups is 1. The van der Waals surface area contributed by atoms with Gasteiger partial charge in [-0.2, -0.15) is 0 Å². The first kappa shape index (κ1) is 11.9. The number of piperazine rings is 1. The minimum absolute atomic E-state index is 0.105. The lowest BCUT2D eigenvalue weighted by molar-refractivity contribution is -0.132. The van der Waals surface area contributed by atoms with Gasteiger partial charge in [0.05, 0.1) is 0 Å². The largest absolute Gasteiger partial charge is 0.353 e. The summed E-state index contributed by atoms with van der Waals surface area (Å²) >= 11 is 0. The Hall–Kier alpha value is -0.610. The summed E-state index contributed by atoms with van der Waals surface area (Å²) < 4.78 is 0. The molecule has 1 aliphatic heterocycles. The van der Waals surface area contributed by atoms with Gasteiger partial charge in [0.25, 0.3) is 0 Å². The van der Waals surface area contributed by atoms with E-state index in [1.54, 1.807) is 0 Å². The molecule has 2 rings (SSSR count). The van der Waals surface area contributed by atoms with Crippen LogP contribution in [0.25, 0.3) is 0 Å². The van der Waals surface area contributed by atoms with E-state index in [-0.39, 0.29) is 11.9 Å². The van der Waals surface area contributed by atoms with E-state index in [0.29, 0.717) is 18.6 Å². The first-order valence-corrected chi connectivity index (χ1v) is 6.49. The maximum atomic E-state index is 11.8. The first-order chi connectivity index (χ1) is 7.74. The SMILES string of the molecule is CC1CNC(=O)C(CN)N1C1CCCCC1. The minimum Gasteiger partial charge on any atom is -0.353 e. The van der Waals surface area contributed by atoms with Crippen LogP contribution in [0.2, 0.25) is 0 Å². The number of nitrogens with one attached hydrogen (secondary N) is 1. The molecule has 1 saturated carbocycles. The Morgan fingerprint density at radius 1 is 1.38 bits per heavy atom. The van der Waals surface area contributed by atoms with Crippen molar-refractivity contribution >= 4 is 5.91 Å². The van der Waals surface area contributed by atoms with Gasteiger partial charge in [-0.1, -0.05) is 19.3 Å². The molecular formula is C12H23N3O. The molecule has 0 aromatic heterocycles. The Morgan fingerprint density at radius 2 is 2.06 bits per heavy atom. The van der Waals surface area contributed by atoms with Crippen LogP contribution in [0.5, 0.6) is 0 Å². The van der Waals surface area contributed by atoms with Crippen LogP contribution in [0, 0.1) is 0 Å². The van der Waals surface area contributed by atoms with E-state index < -0.39 is 0 Å². The molecule has 1 heterocycles. The van der Waals surface area contributed by atoms with Gasteiger partial charge in [0.2, 0.25) is 5.91 Å². The number of amides is 1. The zero-order chi connectivity index (χ0) is 11.5. The summed E-state index contributed by atoms with van der Waals surface area (Å²) in [5.41, 5.74) is 5.75. The predicted molar refractivity (Wildman–Crippen MR) is 64.0 cm³/mol. The van der Waals surface area contributed by atoms with Crippen LogP contribution in [-0.4, -0.2) is 42.0 Å². The highest BCUT2D eigenvalue weighted by Gasteiger charge is 2.37. The Bertz CT molecular complexity index is 251. The van der Waals surface area contributed by atoms with Crippen LogP contribution < -0.4 is 11.1 Å². The first-order valence-electron chi connectivity index (χ1n) is 6.49. The van der Waals surface area contributed by atoms with Crippen LogP contribution in [0.1, 0.15) is 39.0 Å². The lowest BCUT2D eigenvalue weighted by Crippen LogP contribution is -2.64. The van der Waals surface area contributed by atoms with Gasteiger partial charge in [0, 0.05) is 25.2 Å². The van der Waals surface area contributed by atoms with Crippen LogP contribution in [0.3, 0.4) is 0 Å². The number of rotatable bonds is 2. The molecule has 0 aromatic rings. The van der Waals surface area contributed by atoms with Crippen molar-refractivity contribution in [3.63, 3.8) is 0 Å². The molecule has 0 radical (unpaired) electrons. The van der Waals surface area contributed by atoms with Crippen molar-refractivity contribution in [3.8, 4) is 0 Å². The lowest BCUT2D eigenvalue weighted by atomic mass is 9.91. The molecule has 2 fully saturated rings. The summed E-state index contributed by atoms with van der Waals surface area (Å²) in [6.07, 6.45) is 6.40. The summed E-state index contributed by atoms with van der Waals surface area (Å²) in [5.74, 6) is 0.117. The van der Waals surface area contributed by atoms with Crippen LogP contribution >= 0.6 is 0 Å². The molecule has 2 unspecified atom stereocenters. The van der Waals surface area contributed by atoms with Crippen molar-refractivity contribution in [3.05, 3.63) is 0 Å². The highest BCUT2D eigenvalue weighted by atomic mass is 16.2. The molecule has 2 aliphatic rings. The molecule has 0 spiro atoms. The Balaban J connectivity index is 2.09. The van der Waals surface area contributed by atoms with Gasteiger partial charge in [-0.25, -0.2) is 0 Å². The van der Waals surface area contributed by atoms with Crippen LogP contribution in [0.15, 0.2) is 0 Å². The number of nitrogens with two attached hydrogens (primary N) is 1. The third-order valence-corrected chi connectivity index (χ3v) is 3.96. The van der Waals surface area contributed by atoms with Crippen molar-refractivity contribution in [2.75, 3.05) is 13.1 Å². The maximum absolute atomic E-state index is 11.8. The standard InChI is InChI=1S/C12H23N3O/c1-9-8-14-12(16)11(7-13)15(9)10-5-3-2-4-6-10/h9-11H,2-8,13H2,1H3,(H,14,16). The van der Waals surface area contributed by atoms with E-state index in [9.17, 15) is 4.79 Å². The van der Waals surface area contributed by atoms with Gasteiger partial charge in [0.15, 0.2) is 0 Å². The molecule has 1 saturated heterocycles. The zero-order valence-electron chi connectivity index (χ0n) is 10.1. The predicted octanol–water partition coefficient (Wildman–Crippen LogP) is 0.467. The second kappa shape index (κ2) is 5.15. The zero-order valence-corrected chi connectivity index (χ0v) is 10.1. The van der Waals surface area contributed by atoms with Crippen LogP contribution in [-0.2, 0) is 4.79 Å². The topological polar surface area (TPSA) is 58.4 Å². The second-order valence-electron chi connectivity index (χ2n) is 5.08. The summed E-state index contributed by atoms with van der Waals surface area (Å²) in [7, 11) is 0. The fourth-order valence-corrected chi connectivity index (χ4v) is 3.14. The Morgan fingerprint density at radius 3 is 2.69 bits per heavy atom. The third kappa shape index (κ3) is 2.23. The molecule has 4 nitrogen and oxygen atoms in total. The van der Waals surface area contributed by atoms with Crippen molar-refractivity contribution in [2.24, 2.45) is 5.73 Å². The molecule has 0 aromatic carbocycles. The van der Waals surface area contributed by atoms with Gasteiger partial charge in [-0.05, 0) is 19.8 Å². The van der Waals surface area contributed by atoms with Crippen molar-refractivity contribution in [1.82, 2.24) is 10.2 Å². The van der Waals surface area contributed by atoms with E-state index in [1.165, 1.54) is 32.1 Å². The highest BCUT2D eigenvalue weighted by molar-refractivity contribution is 5.82. The van der Waals surface area contributed by atoms with E-state index in [1.807, 2.05) is 0 Å². The van der Waals surface area contributed by atoms with Gasteiger partial charge >= 0.3 is 0 Å². The second-order valence-corrected chi connectivity index (χ2v) is 5.08. The van der Waals surface area contributed by atoms with E-state index in [0.717, 1.165) is 6.54 Å². The van der Waals surface area contributed by atoms with E-state index >= 15 is 0 Å². The molecule has 3 N–H and O–H groups in total. The molecule has 1 aliphatic carbocycles. The normalized spacial score (nSPS) is 33.8. The van der Waals surface area contributed by atoms with Gasteiger partial charge < -0.3 is 11.1 Å². The molecule has 16 heavy (non-hydrogen) atoms. The van der Waals surface area contributed by atoms with Crippen molar-refractivity contribution in [2.45, 2.75) is 57.2 Å². The fraction of sp³-hybridized carbons (Fsp3) is 0.917. The summed E-state index contributed by atoms with van der Waals surface area (Å²) in [6, 6.07) is 0.893. The monoisotopic (exact) mass is 225 g/mol. The van der Waals surface area contributed by atoms with Gasteiger partial charge in [-0.3, -0.25) is 9.69 Å². The molecule has 4 heteroatoms. The number of hydrogen-bond donors (Lipinski definition) is 2. The summed E-state index contributed by atoms with van der Waals surface area (Å²) in [4.78, 5) is 14.2. The Labute approximate surface area is 97.6 Å². The van der Waals surface area contributed by atoms with Gasteiger partial charge in [-0.15, -0.1) is 0 Å². The third-order valence-electron chi connectivity index (χ3n) is 3.96. The van der Waals surface area contributed by atoms with Gasteiger partial charge in [0.1, 0.15) is 6.04 Å². The molecular weight excluding hydrogens is 202 g/mol. The lowest BCUT2D eigenvalue weighted by Gasteiger charge is -2.45. The average molecular weight is 225 g/mol. The summed E-state index contributed by atoms with van der Waals surface area (Å²) in [5, 5.41) is 2.94. The molecule has 1 amide bonds. The highest BCUT2D eigenvalue weighted by Crippen LogP contribution is 2.27.